The lowest BCUT2D eigenvalue weighted by molar-refractivity contribution is 0.585. The van der Waals surface area contributed by atoms with E-state index in [1.165, 1.54) is 10.6 Å². The van der Waals surface area contributed by atoms with Crippen LogP contribution in [0.2, 0.25) is 0 Å². The van der Waals surface area contributed by atoms with Crippen LogP contribution < -0.4 is 5.32 Å². The highest BCUT2D eigenvalue weighted by Gasteiger charge is 2.11. The number of hydrogen-bond acceptors (Lipinski definition) is 3. The number of rotatable bonds is 5. The van der Waals surface area contributed by atoms with Gasteiger partial charge in [0.15, 0.2) is 0 Å². The summed E-state index contributed by atoms with van der Waals surface area (Å²) in [6, 6.07) is 0.418. The zero-order valence-electron chi connectivity index (χ0n) is 10.0. The molecule has 0 fully saturated rings. The van der Waals surface area contributed by atoms with Crippen LogP contribution in [0.4, 0.5) is 0 Å². The van der Waals surface area contributed by atoms with Crippen molar-refractivity contribution < 1.29 is 0 Å². The van der Waals surface area contributed by atoms with Crippen molar-refractivity contribution in [3.63, 3.8) is 0 Å². The summed E-state index contributed by atoms with van der Waals surface area (Å²) in [5.74, 6) is 0. The molecule has 1 aromatic rings. The van der Waals surface area contributed by atoms with Crippen LogP contribution in [0, 0.1) is 13.8 Å². The number of aromatic nitrogens is 1. The van der Waals surface area contributed by atoms with Gasteiger partial charge in [0.25, 0.3) is 0 Å². The third-order valence-corrected chi connectivity index (χ3v) is 3.59. The normalized spacial score (nSPS) is 13.6. The fourth-order valence-electron chi connectivity index (χ4n) is 1.59. The van der Waals surface area contributed by atoms with Crippen molar-refractivity contribution in [2.24, 2.45) is 0 Å². The minimum Gasteiger partial charge on any atom is -0.309 e. The molecule has 1 unspecified atom stereocenters. The van der Waals surface area contributed by atoms with Gasteiger partial charge in [0.1, 0.15) is 0 Å². The maximum Gasteiger partial charge on any atom is 0.0900 e. The Morgan fingerprint density at radius 2 is 2.20 bits per heavy atom. The average Bonchev–Trinajstić information content (AvgIpc) is 2.52. The maximum atomic E-state index is 4.44. The highest BCUT2D eigenvalue weighted by Crippen LogP contribution is 2.24. The Morgan fingerprint density at radius 3 is 2.73 bits per heavy atom. The number of nitrogens with zero attached hydrogens (tertiary/aromatic N) is 1. The van der Waals surface area contributed by atoms with Crippen LogP contribution in [0.25, 0.3) is 0 Å². The molecule has 0 aliphatic carbocycles. The Balaban J connectivity index is 2.46. The number of allylic oxidation sites excluding steroid dienone is 1. The molecule has 0 aliphatic rings. The third kappa shape index (κ3) is 3.76. The second-order valence-corrected chi connectivity index (χ2v) is 4.95. The van der Waals surface area contributed by atoms with Gasteiger partial charge < -0.3 is 5.32 Å². The van der Waals surface area contributed by atoms with Gasteiger partial charge in [-0.3, -0.25) is 0 Å². The first-order chi connectivity index (χ1) is 7.15. The smallest absolute Gasteiger partial charge is 0.0900 e. The van der Waals surface area contributed by atoms with Gasteiger partial charge in [-0.2, -0.15) is 0 Å². The Labute approximate surface area is 96.4 Å². The Hall–Kier alpha value is -0.670. The molecule has 0 spiro atoms. The van der Waals surface area contributed by atoms with Gasteiger partial charge in [0, 0.05) is 10.9 Å². The zero-order valence-corrected chi connectivity index (χ0v) is 10.8. The van der Waals surface area contributed by atoms with Gasteiger partial charge in [0.05, 0.1) is 10.7 Å². The Kier molecular flexibility index (Phi) is 4.99. The summed E-state index contributed by atoms with van der Waals surface area (Å²) >= 11 is 1.79. The van der Waals surface area contributed by atoms with Crippen molar-refractivity contribution in [2.45, 2.75) is 40.2 Å². The second-order valence-electron chi connectivity index (χ2n) is 3.72. The molecular weight excluding hydrogens is 204 g/mol. The van der Waals surface area contributed by atoms with Crippen molar-refractivity contribution in [1.82, 2.24) is 10.3 Å². The molecule has 1 aromatic heterocycles. The largest absolute Gasteiger partial charge is 0.309 e. The molecule has 15 heavy (non-hydrogen) atoms. The van der Waals surface area contributed by atoms with Crippen LogP contribution in [-0.4, -0.2) is 11.5 Å². The Bertz CT molecular complexity index is 328. The summed E-state index contributed by atoms with van der Waals surface area (Å²) in [6.07, 6.45) is 5.37. The molecule has 0 saturated carbocycles. The van der Waals surface area contributed by atoms with E-state index in [9.17, 15) is 0 Å². The molecule has 2 nitrogen and oxygen atoms in total. The van der Waals surface area contributed by atoms with Crippen molar-refractivity contribution >= 4 is 11.3 Å². The lowest BCUT2D eigenvalue weighted by Gasteiger charge is -2.11. The predicted octanol–water partition coefficient (Wildman–Crippen LogP) is 3.38. The first-order valence-corrected chi connectivity index (χ1v) is 6.25. The molecule has 1 atom stereocenters. The van der Waals surface area contributed by atoms with Crippen molar-refractivity contribution in [1.29, 1.82) is 0 Å². The van der Waals surface area contributed by atoms with Gasteiger partial charge in [-0.1, -0.05) is 12.2 Å². The highest BCUT2D eigenvalue weighted by molar-refractivity contribution is 7.11. The summed E-state index contributed by atoms with van der Waals surface area (Å²) in [7, 11) is 0. The molecule has 0 aromatic carbocycles. The van der Waals surface area contributed by atoms with Crippen LogP contribution >= 0.6 is 11.3 Å². The Morgan fingerprint density at radius 1 is 1.47 bits per heavy atom. The molecule has 0 amide bonds. The summed E-state index contributed by atoms with van der Waals surface area (Å²) < 4.78 is 0. The zero-order chi connectivity index (χ0) is 11.3. The van der Waals surface area contributed by atoms with E-state index >= 15 is 0 Å². The molecule has 0 radical (unpaired) electrons. The first kappa shape index (κ1) is 12.4. The lowest BCUT2D eigenvalue weighted by atomic mass is 10.2. The summed E-state index contributed by atoms with van der Waals surface area (Å²) in [4.78, 5) is 5.81. The third-order valence-electron chi connectivity index (χ3n) is 2.33. The number of hydrogen-bond donors (Lipinski definition) is 1. The molecule has 3 heteroatoms. The van der Waals surface area contributed by atoms with Crippen LogP contribution in [0.3, 0.4) is 0 Å². The molecular formula is C12H20N2S. The molecule has 84 valence electrons. The average molecular weight is 224 g/mol. The summed E-state index contributed by atoms with van der Waals surface area (Å²) in [5, 5.41) is 4.66. The SMILES string of the molecule is C/C=C/CCNC(C)c1sc(C)nc1C. The van der Waals surface area contributed by atoms with Gasteiger partial charge in [-0.15, -0.1) is 11.3 Å². The molecule has 0 saturated heterocycles. The van der Waals surface area contributed by atoms with E-state index in [1.54, 1.807) is 11.3 Å². The fourth-order valence-corrected chi connectivity index (χ4v) is 2.55. The molecule has 1 rings (SSSR count). The van der Waals surface area contributed by atoms with E-state index in [-0.39, 0.29) is 0 Å². The highest BCUT2D eigenvalue weighted by atomic mass is 32.1. The van der Waals surface area contributed by atoms with Gasteiger partial charge in [-0.05, 0) is 40.7 Å². The van der Waals surface area contributed by atoms with E-state index < -0.39 is 0 Å². The van der Waals surface area contributed by atoms with E-state index in [0.29, 0.717) is 6.04 Å². The van der Waals surface area contributed by atoms with Crippen LogP contribution in [-0.2, 0) is 0 Å². The number of aryl methyl sites for hydroxylation is 2. The van der Waals surface area contributed by atoms with Crippen molar-refractivity contribution in [3.8, 4) is 0 Å². The standard InChI is InChI=1S/C12H20N2S/c1-5-6-7-8-13-9(2)12-10(3)14-11(4)15-12/h5-6,9,13H,7-8H2,1-4H3/b6-5+. The van der Waals surface area contributed by atoms with Gasteiger partial charge in [-0.25, -0.2) is 4.98 Å². The quantitative estimate of drug-likeness (QED) is 0.612. The summed E-state index contributed by atoms with van der Waals surface area (Å²) in [6.45, 7) is 9.44. The first-order valence-electron chi connectivity index (χ1n) is 5.43. The minimum atomic E-state index is 0.418. The van der Waals surface area contributed by atoms with Crippen molar-refractivity contribution in [2.75, 3.05) is 6.54 Å². The molecule has 1 N–H and O–H groups in total. The second kappa shape index (κ2) is 6.03. The van der Waals surface area contributed by atoms with E-state index in [0.717, 1.165) is 18.0 Å². The molecule has 1 heterocycles. The predicted molar refractivity (Wildman–Crippen MR) is 67.4 cm³/mol. The van der Waals surface area contributed by atoms with Crippen molar-refractivity contribution in [3.05, 3.63) is 27.7 Å². The van der Waals surface area contributed by atoms with E-state index in [4.69, 9.17) is 0 Å². The lowest BCUT2D eigenvalue weighted by Crippen LogP contribution is -2.19. The van der Waals surface area contributed by atoms with Crippen LogP contribution in [0.1, 0.15) is 41.9 Å². The fraction of sp³-hybridized carbons (Fsp3) is 0.583. The van der Waals surface area contributed by atoms with Gasteiger partial charge >= 0.3 is 0 Å². The van der Waals surface area contributed by atoms with E-state index in [2.05, 4.69) is 50.1 Å². The van der Waals surface area contributed by atoms with E-state index in [1.807, 2.05) is 0 Å². The van der Waals surface area contributed by atoms with Crippen LogP contribution in [0.15, 0.2) is 12.2 Å². The van der Waals surface area contributed by atoms with Gasteiger partial charge in [0.2, 0.25) is 0 Å². The summed E-state index contributed by atoms with van der Waals surface area (Å²) in [5.41, 5.74) is 1.17. The minimum absolute atomic E-state index is 0.418. The molecule has 0 bridgehead atoms. The number of nitrogens with one attached hydrogen (secondary N) is 1. The monoisotopic (exact) mass is 224 g/mol. The topological polar surface area (TPSA) is 24.9 Å². The maximum absolute atomic E-state index is 4.44. The van der Waals surface area contributed by atoms with Crippen LogP contribution in [0.5, 0.6) is 0 Å². The molecule has 0 aliphatic heterocycles. The number of thiazole rings is 1.